The van der Waals surface area contributed by atoms with Crippen LogP contribution in [0.1, 0.15) is 16.8 Å². The van der Waals surface area contributed by atoms with E-state index in [0.717, 1.165) is 27.9 Å². The number of phenols is 3. The highest BCUT2D eigenvalue weighted by molar-refractivity contribution is 6.39. The highest BCUT2D eigenvalue weighted by Crippen LogP contribution is 2.56. The van der Waals surface area contributed by atoms with Crippen molar-refractivity contribution in [1.82, 2.24) is 9.97 Å². The maximum Gasteiger partial charge on any atom is 0.124 e. The summed E-state index contributed by atoms with van der Waals surface area (Å²) in [5.74, 6) is -1.26. The van der Waals surface area contributed by atoms with E-state index in [0.29, 0.717) is 105 Å². The summed E-state index contributed by atoms with van der Waals surface area (Å²) in [6, 6.07) is 54.6. The molecule has 11 aromatic rings. The number of pyridine rings is 2. The fraction of sp³-hybridized carbons (Fsp3) is 0.0448. The molecule has 3 N–H and O–H groups in total. The van der Waals surface area contributed by atoms with Gasteiger partial charge >= 0.3 is 0 Å². The number of benzene rings is 9. The molecule has 11 rings (SSSR count). The van der Waals surface area contributed by atoms with Gasteiger partial charge in [-0.2, -0.15) is 0 Å². The summed E-state index contributed by atoms with van der Waals surface area (Å²) in [5.41, 5.74) is 13.6. The van der Waals surface area contributed by atoms with E-state index in [1.54, 1.807) is 54.7 Å². The Labute approximate surface area is 459 Å². The van der Waals surface area contributed by atoms with Crippen molar-refractivity contribution in [3.63, 3.8) is 0 Å². The zero-order valence-corrected chi connectivity index (χ0v) is 43.9. The van der Waals surface area contributed by atoms with Crippen LogP contribution in [0.5, 0.6) is 17.2 Å². The third-order valence-corrected chi connectivity index (χ3v) is 15.1. The molecule has 0 unspecified atom stereocenters. The average molecular weight is 1070 g/mol. The Morgan fingerprint density at radius 1 is 0.351 bits per heavy atom. The van der Waals surface area contributed by atoms with E-state index in [-0.39, 0.29) is 27.8 Å². The van der Waals surface area contributed by atoms with Gasteiger partial charge in [0.15, 0.2) is 0 Å². The molecule has 0 spiro atoms. The Balaban J connectivity index is 1.26. The molecule has 0 aliphatic rings. The number of phenolic OH excluding ortho intramolecular Hbond substituents is 3. The van der Waals surface area contributed by atoms with Crippen molar-refractivity contribution >= 4 is 34.8 Å². The molecule has 0 bridgehead atoms. The first-order valence-corrected chi connectivity index (χ1v) is 25.8. The molecular weight excluding hydrogens is 1030 g/mol. The van der Waals surface area contributed by atoms with Crippen molar-refractivity contribution in [1.29, 1.82) is 0 Å². The van der Waals surface area contributed by atoms with Gasteiger partial charge in [-0.25, -0.2) is 8.78 Å². The number of aryl methyl sites for hydroxylation is 3. The maximum atomic E-state index is 15.8. The summed E-state index contributed by atoms with van der Waals surface area (Å²) in [4.78, 5) is 9.93. The Hall–Kier alpha value is -8.59. The summed E-state index contributed by atoms with van der Waals surface area (Å²) in [7, 11) is 0. The zero-order valence-electron chi connectivity index (χ0n) is 41.7. The molecule has 0 amide bonds. The van der Waals surface area contributed by atoms with Crippen LogP contribution in [-0.4, -0.2) is 25.3 Å². The van der Waals surface area contributed by atoms with Crippen molar-refractivity contribution in [2.45, 2.75) is 20.8 Å². The minimum absolute atomic E-state index is 0.0995. The third kappa shape index (κ3) is 9.37. The van der Waals surface area contributed by atoms with Gasteiger partial charge in [0.25, 0.3) is 0 Å². The average Bonchev–Trinajstić information content (AvgIpc) is 3.57. The number of nitrogens with zero attached hydrogens (tertiary/aromatic N) is 2. The number of halogens is 5. The van der Waals surface area contributed by atoms with Gasteiger partial charge in [-0.15, -0.1) is 0 Å². The van der Waals surface area contributed by atoms with Crippen LogP contribution in [0, 0.1) is 32.4 Å². The molecule has 0 fully saturated rings. The smallest absolute Gasteiger partial charge is 0.124 e. The molecule has 2 heterocycles. The first-order valence-electron chi connectivity index (χ1n) is 24.7. The van der Waals surface area contributed by atoms with Gasteiger partial charge < -0.3 is 15.3 Å². The van der Waals surface area contributed by atoms with Crippen LogP contribution in [0.2, 0.25) is 15.1 Å². The van der Waals surface area contributed by atoms with Crippen molar-refractivity contribution in [3.8, 4) is 129 Å². The zero-order chi connectivity index (χ0) is 53.6. The molecule has 9 aromatic carbocycles. The summed E-state index contributed by atoms with van der Waals surface area (Å²) in [6.45, 7) is 5.76. The topological polar surface area (TPSA) is 86.5 Å². The first-order chi connectivity index (χ1) is 37.3. The van der Waals surface area contributed by atoms with Gasteiger partial charge in [-0.3, -0.25) is 9.97 Å². The van der Waals surface area contributed by atoms with Crippen LogP contribution < -0.4 is 0 Å². The largest absolute Gasteiger partial charge is 0.508 e. The fourth-order valence-electron chi connectivity index (χ4n) is 10.4. The SMILES string of the molecule is Cc1ccc(-c2c(-c3ccc(-c4cccc(O)c4-c4ccc(F)cc4-c4cccc(O)c4-c4cccc(F)c4)c(-c4nccc(C)c4-c4ccccc4)c3Cl)cc(Cl)c(-c3ccc(C)c(O)c3)c2-c2ccccc2Cl)cn1. The third-order valence-electron chi connectivity index (χ3n) is 14.0. The van der Waals surface area contributed by atoms with Crippen molar-refractivity contribution in [2.24, 2.45) is 0 Å². The lowest BCUT2D eigenvalue weighted by atomic mass is 9.80. The van der Waals surface area contributed by atoms with E-state index in [4.69, 9.17) is 44.8 Å². The summed E-state index contributed by atoms with van der Waals surface area (Å²) in [5, 5.41) is 36.0. The van der Waals surface area contributed by atoms with Gasteiger partial charge in [0.05, 0.1) is 10.7 Å². The summed E-state index contributed by atoms with van der Waals surface area (Å²) >= 11 is 23.0. The molecule has 77 heavy (non-hydrogen) atoms. The molecule has 0 atom stereocenters. The maximum absolute atomic E-state index is 15.8. The molecule has 2 aromatic heterocycles. The van der Waals surface area contributed by atoms with Crippen LogP contribution in [-0.2, 0) is 0 Å². The van der Waals surface area contributed by atoms with E-state index in [1.807, 2.05) is 136 Å². The standard InChI is InChI=1S/C67H45Cl3F2N2O3/c1-37-22-24-42(33-58(37)77)62-55(69)35-53(61(43-25-23-39(3)74-36-43)64(62)51-16-7-8-19-54(51)68)50-29-28-48(65(66(50)70)67-59(38(2)30-31-73-67)40-12-5-4-6-13-40)46-17-10-21-57(76)63(46)49-27-26-45(72)34-52(49)47-18-11-20-56(75)60(47)41-14-9-15-44(71)32-41/h4-36,75-77H,1-3H3. The Morgan fingerprint density at radius 2 is 0.974 bits per heavy atom. The van der Waals surface area contributed by atoms with E-state index in [9.17, 15) is 19.7 Å². The number of rotatable bonds is 10. The predicted octanol–water partition coefficient (Wildman–Crippen LogP) is 19.4. The quantitative estimate of drug-likeness (QED) is 0.127. The molecule has 376 valence electrons. The molecule has 0 aliphatic heterocycles. The number of hydrogen-bond acceptors (Lipinski definition) is 5. The fourth-order valence-corrected chi connectivity index (χ4v) is 11.3. The highest BCUT2D eigenvalue weighted by Gasteiger charge is 2.30. The van der Waals surface area contributed by atoms with Crippen LogP contribution in [0.15, 0.2) is 200 Å². The van der Waals surface area contributed by atoms with Gasteiger partial charge in [0.2, 0.25) is 0 Å². The van der Waals surface area contributed by atoms with Gasteiger partial charge in [-0.1, -0.05) is 156 Å². The lowest BCUT2D eigenvalue weighted by molar-refractivity contribution is 0.471. The van der Waals surface area contributed by atoms with Crippen LogP contribution in [0.25, 0.3) is 111 Å². The summed E-state index contributed by atoms with van der Waals surface area (Å²) in [6.07, 6.45) is 3.55. The van der Waals surface area contributed by atoms with E-state index < -0.39 is 11.6 Å². The van der Waals surface area contributed by atoms with Gasteiger partial charge in [-0.05, 0) is 154 Å². The molecule has 0 saturated heterocycles. The van der Waals surface area contributed by atoms with E-state index in [2.05, 4.69) is 0 Å². The van der Waals surface area contributed by atoms with E-state index in [1.165, 1.54) is 30.3 Å². The lowest BCUT2D eigenvalue weighted by Gasteiger charge is -2.25. The minimum atomic E-state index is -0.571. The monoisotopic (exact) mass is 1070 g/mol. The normalized spacial score (nSPS) is 11.3. The van der Waals surface area contributed by atoms with Gasteiger partial charge in [0.1, 0.15) is 28.9 Å². The molecule has 10 heteroatoms. The van der Waals surface area contributed by atoms with Crippen LogP contribution in [0.4, 0.5) is 8.78 Å². The van der Waals surface area contributed by atoms with Crippen molar-refractivity contribution in [3.05, 3.63) is 244 Å². The molecule has 5 nitrogen and oxygen atoms in total. The Bertz CT molecular complexity index is 4130. The Kier molecular flexibility index (Phi) is 13.7. The first kappa shape index (κ1) is 50.6. The molecule has 0 saturated carbocycles. The molecule has 0 aliphatic carbocycles. The van der Waals surface area contributed by atoms with Crippen LogP contribution in [0.3, 0.4) is 0 Å². The molecular formula is C67H45Cl3F2N2O3. The lowest BCUT2D eigenvalue weighted by Crippen LogP contribution is -2.01. The Morgan fingerprint density at radius 3 is 1.70 bits per heavy atom. The second-order valence-electron chi connectivity index (χ2n) is 18.9. The van der Waals surface area contributed by atoms with E-state index >= 15 is 4.39 Å². The number of hydrogen-bond donors (Lipinski definition) is 3. The number of aromatic hydroxyl groups is 3. The highest BCUT2D eigenvalue weighted by atomic mass is 35.5. The van der Waals surface area contributed by atoms with Crippen LogP contribution >= 0.6 is 34.8 Å². The minimum Gasteiger partial charge on any atom is -0.508 e. The molecule has 0 radical (unpaired) electrons. The second-order valence-corrected chi connectivity index (χ2v) is 20.1. The van der Waals surface area contributed by atoms with Crippen molar-refractivity contribution < 1.29 is 24.1 Å². The second kappa shape index (κ2) is 20.9. The summed E-state index contributed by atoms with van der Waals surface area (Å²) < 4.78 is 30.7. The van der Waals surface area contributed by atoms with Crippen molar-refractivity contribution in [2.75, 3.05) is 0 Å². The predicted molar refractivity (Wildman–Crippen MR) is 311 cm³/mol. The van der Waals surface area contributed by atoms with Gasteiger partial charge in [0, 0.05) is 78.2 Å². The number of aromatic nitrogens is 2.